The van der Waals surface area contributed by atoms with Crippen LogP contribution >= 0.6 is 0 Å². The second-order valence-corrected chi connectivity index (χ2v) is 3.12. The molecule has 0 saturated carbocycles. The third-order valence-electron chi connectivity index (χ3n) is 2.29. The maximum Gasteiger partial charge on any atom is 0.171 e. The van der Waals surface area contributed by atoms with E-state index in [2.05, 4.69) is 10.3 Å². The highest BCUT2D eigenvalue weighted by Crippen LogP contribution is 2.20. The van der Waals surface area contributed by atoms with Gasteiger partial charge in [0.1, 0.15) is 17.8 Å². The lowest BCUT2D eigenvalue weighted by Crippen LogP contribution is -2.24. The lowest BCUT2D eigenvalue weighted by Gasteiger charge is -2.14. The number of aromatic nitrogens is 3. The highest BCUT2D eigenvalue weighted by Gasteiger charge is 2.30. The van der Waals surface area contributed by atoms with Crippen LogP contribution in [0.15, 0.2) is 6.20 Å². The summed E-state index contributed by atoms with van der Waals surface area (Å²) in [4.78, 5) is 10.4. The Bertz CT molecular complexity index is 325. The average Bonchev–Trinajstić information content (AvgIpc) is 2.85. The Morgan fingerprint density at radius 3 is 3.21 bits per heavy atom. The highest BCUT2D eigenvalue weighted by molar-refractivity contribution is 5.70. The molecule has 0 spiro atoms. The molecule has 0 aromatic carbocycles. The fraction of sp³-hybridized carbons (Fsp3) is 0.625. The van der Waals surface area contributed by atoms with Crippen LogP contribution in [-0.4, -0.2) is 47.7 Å². The SMILES string of the molecule is CO[C@@H]1COC[C@H]1n1cc(C=O)nn1. The first-order valence-corrected chi connectivity index (χ1v) is 4.32. The first-order valence-electron chi connectivity index (χ1n) is 4.32. The number of ether oxygens (including phenoxy) is 2. The van der Waals surface area contributed by atoms with Crippen molar-refractivity contribution in [1.29, 1.82) is 0 Å². The Morgan fingerprint density at radius 2 is 2.57 bits per heavy atom. The van der Waals surface area contributed by atoms with E-state index in [-0.39, 0.29) is 12.1 Å². The predicted octanol–water partition coefficient (Wildman–Crippen LogP) is -0.323. The van der Waals surface area contributed by atoms with Crippen molar-refractivity contribution < 1.29 is 14.3 Å². The van der Waals surface area contributed by atoms with Gasteiger partial charge in [0.05, 0.1) is 19.4 Å². The fourth-order valence-corrected chi connectivity index (χ4v) is 1.50. The van der Waals surface area contributed by atoms with Crippen LogP contribution in [0.2, 0.25) is 0 Å². The number of hydrogen-bond acceptors (Lipinski definition) is 5. The summed E-state index contributed by atoms with van der Waals surface area (Å²) in [5, 5.41) is 7.52. The Balaban J connectivity index is 2.17. The lowest BCUT2D eigenvalue weighted by molar-refractivity contribution is 0.0661. The third kappa shape index (κ3) is 1.53. The van der Waals surface area contributed by atoms with Crippen molar-refractivity contribution in [3.63, 3.8) is 0 Å². The molecule has 0 amide bonds. The number of rotatable bonds is 3. The van der Waals surface area contributed by atoms with E-state index in [0.717, 1.165) is 0 Å². The molecule has 1 aromatic heterocycles. The Kier molecular flexibility index (Phi) is 2.55. The molecule has 0 N–H and O–H groups in total. The molecule has 1 aromatic rings. The summed E-state index contributed by atoms with van der Waals surface area (Å²) in [7, 11) is 1.63. The molecule has 1 aliphatic heterocycles. The molecule has 6 nitrogen and oxygen atoms in total. The van der Waals surface area contributed by atoms with E-state index in [1.54, 1.807) is 18.0 Å². The van der Waals surface area contributed by atoms with Crippen LogP contribution in [-0.2, 0) is 9.47 Å². The highest BCUT2D eigenvalue weighted by atomic mass is 16.5. The molecule has 1 fully saturated rings. The molecule has 2 atom stereocenters. The van der Waals surface area contributed by atoms with Crippen LogP contribution in [0.4, 0.5) is 0 Å². The summed E-state index contributed by atoms with van der Waals surface area (Å²) in [5.41, 5.74) is 0.326. The maximum atomic E-state index is 10.4. The third-order valence-corrected chi connectivity index (χ3v) is 2.29. The number of hydrogen-bond donors (Lipinski definition) is 0. The zero-order chi connectivity index (χ0) is 9.97. The molecule has 0 bridgehead atoms. The molecule has 2 heterocycles. The zero-order valence-corrected chi connectivity index (χ0v) is 7.79. The zero-order valence-electron chi connectivity index (χ0n) is 7.79. The number of aldehydes is 1. The van der Waals surface area contributed by atoms with Crippen molar-refractivity contribution in [2.45, 2.75) is 12.1 Å². The van der Waals surface area contributed by atoms with E-state index >= 15 is 0 Å². The summed E-state index contributed by atoms with van der Waals surface area (Å²) < 4.78 is 12.1. The molecule has 6 heteroatoms. The molecule has 0 aliphatic carbocycles. The monoisotopic (exact) mass is 197 g/mol. The van der Waals surface area contributed by atoms with E-state index in [1.165, 1.54) is 0 Å². The van der Waals surface area contributed by atoms with Crippen molar-refractivity contribution in [3.05, 3.63) is 11.9 Å². The van der Waals surface area contributed by atoms with Gasteiger partial charge in [0.25, 0.3) is 0 Å². The van der Waals surface area contributed by atoms with E-state index < -0.39 is 0 Å². The normalized spacial score (nSPS) is 26.6. The van der Waals surface area contributed by atoms with Gasteiger partial charge in [-0.05, 0) is 0 Å². The smallest absolute Gasteiger partial charge is 0.171 e. The van der Waals surface area contributed by atoms with Crippen molar-refractivity contribution in [2.24, 2.45) is 0 Å². The number of nitrogens with zero attached hydrogens (tertiary/aromatic N) is 3. The summed E-state index contributed by atoms with van der Waals surface area (Å²) in [6.45, 7) is 1.09. The molecule has 14 heavy (non-hydrogen) atoms. The second kappa shape index (κ2) is 3.85. The van der Waals surface area contributed by atoms with Gasteiger partial charge < -0.3 is 9.47 Å². The Hall–Kier alpha value is -1.27. The second-order valence-electron chi connectivity index (χ2n) is 3.12. The first kappa shape index (κ1) is 9.29. The van der Waals surface area contributed by atoms with Crippen molar-refractivity contribution >= 4 is 6.29 Å². The molecule has 1 saturated heterocycles. The number of carbonyl (C=O) groups excluding carboxylic acids is 1. The maximum absolute atomic E-state index is 10.4. The molecule has 0 radical (unpaired) electrons. The van der Waals surface area contributed by atoms with Crippen molar-refractivity contribution in [3.8, 4) is 0 Å². The number of carbonyl (C=O) groups is 1. The van der Waals surface area contributed by atoms with Crippen LogP contribution in [0.1, 0.15) is 16.5 Å². The average molecular weight is 197 g/mol. The van der Waals surface area contributed by atoms with Gasteiger partial charge in [-0.15, -0.1) is 5.10 Å². The van der Waals surface area contributed by atoms with Crippen molar-refractivity contribution in [2.75, 3.05) is 20.3 Å². The molecular formula is C8H11N3O3. The summed E-state index contributed by atoms with van der Waals surface area (Å²) in [6.07, 6.45) is 2.25. The Morgan fingerprint density at radius 1 is 1.71 bits per heavy atom. The first-order chi connectivity index (χ1) is 6.85. The largest absolute Gasteiger partial charge is 0.377 e. The Labute approximate surface area is 80.8 Å². The minimum absolute atomic E-state index is 0.0150. The molecule has 1 aliphatic rings. The lowest BCUT2D eigenvalue weighted by atomic mass is 10.2. The standard InChI is InChI=1S/C8H11N3O3/c1-13-8-5-14-4-7(8)11-2-6(3-12)9-10-11/h2-3,7-8H,4-5H2,1H3/t7-,8-/m1/s1. The van der Waals surface area contributed by atoms with Gasteiger partial charge in [0.2, 0.25) is 0 Å². The van der Waals surface area contributed by atoms with Crippen LogP contribution in [0.3, 0.4) is 0 Å². The van der Waals surface area contributed by atoms with E-state index in [9.17, 15) is 4.79 Å². The quantitative estimate of drug-likeness (QED) is 0.621. The van der Waals surface area contributed by atoms with Crippen LogP contribution in [0.5, 0.6) is 0 Å². The van der Waals surface area contributed by atoms with Crippen LogP contribution < -0.4 is 0 Å². The summed E-state index contributed by atoms with van der Waals surface area (Å²) in [5.74, 6) is 0. The molecule has 2 rings (SSSR count). The predicted molar refractivity (Wildman–Crippen MR) is 46.1 cm³/mol. The number of methoxy groups -OCH3 is 1. The van der Waals surface area contributed by atoms with E-state index in [0.29, 0.717) is 25.2 Å². The summed E-state index contributed by atoms with van der Waals surface area (Å²) >= 11 is 0. The van der Waals surface area contributed by atoms with Gasteiger partial charge in [-0.2, -0.15) is 0 Å². The van der Waals surface area contributed by atoms with E-state index in [4.69, 9.17) is 9.47 Å². The van der Waals surface area contributed by atoms with Gasteiger partial charge in [0.15, 0.2) is 6.29 Å². The van der Waals surface area contributed by atoms with Crippen LogP contribution in [0.25, 0.3) is 0 Å². The molecule has 0 unspecified atom stereocenters. The minimum Gasteiger partial charge on any atom is -0.377 e. The molecular weight excluding hydrogens is 186 g/mol. The van der Waals surface area contributed by atoms with Gasteiger partial charge in [-0.1, -0.05) is 5.21 Å². The summed E-state index contributed by atoms with van der Waals surface area (Å²) in [6, 6.07) is 0.0150. The van der Waals surface area contributed by atoms with Gasteiger partial charge in [0, 0.05) is 7.11 Å². The van der Waals surface area contributed by atoms with Gasteiger partial charge in [-0.3, -0.25) is 4.79 Å². The van der Waals surface area contributed by atoms with Crippen LogP contribution in [0, 0.1) is 0 Å². The molecule has 76 valence electrons. The topological polar surface area (TPSA) is 66.2 Å². The fourth-order valence-electron chi connectivity index (χ4n) is 1.50. The minimum atomic E-state index is -0.0174. The van der Waals surface area contributed by atoms with Gasteiger partial charge in [-0.25, -0.2) is 4.68 Å². The van der Waals surface area contributed by atoms with Gasteiger partial charge >= 0.3 is 0 Å². The van der Waals surface area contributed by atoms with Crippen molar-refractivity contribution in [1.82, 2.24) is 15.0 Å². The van der Waals surface area contributed by atoms with E-state index in [1.807, 2.05) is 0 Å².